The first-order chi connectivity index (χ1) is 13.2. The van der Waals surface area contributed by atoms with Gasteiger partial charge in [0.15, 0.2) is 0 Å². The molecule has 6 heteroatoms. The molecule has 142 valence electrons. The van der Waals surface area contributed by atoms with Gasteiger partial charge in [-0.05, 0) is 55.6 Å². The van der Waals surface area contributed by atoms with Crippen LogP contribution in [0.5, 0.6) is 0 Å². The fourth-order valence-corrected chi connectivity index (χ4v) is 6.35. The molecule has 2 aromatic rings. The lowest BCUT2D eigenvalue weighted by Gasteiger charge is -2.41. The number of benzene rings is 1. The fourth-order valence-electron chi connectivity index (χ4n) is 5.56. The Balaban J connectivity index is 1.48. The van der Waals surface area contributed by atoms with E-state index in [4.69, 9.17) is 0 Å². The summed E-state index contributed by atoms with van der Waals surface area (Å²) in [6, 6.07) is 6.60. The van der Waals surface area contributed by atoms with Crippen LogP contribution < -0.4 is 10.3 Å². The number of hydrogen-bond acceptors (Lipinski definition) is 4. The van der Waals surface area contributed by atoms with Crippen molar-refractivity contribution < 1.29 is 14.9 Å². The highest BCUT2D eigenvalue weighted by molar-refractivity contribution is 7.15. The number of fused-ring (bicyclic) bond motifs is 1. The summed E-state index contributed by atoms with van der Waals surface area (Å²) in [6.45, 7) is 2.57. The monoisotopic (exact) mass is 384 g/mol. The molecule has 3 heterocycles. The zero-order valence-corrected chi connectivity index (χ0v) is 16.3. The summed E-state index contributed by atoms with van der Waals surface area (Å²) in [5, 5.41) is 13.3. The van der Waals surface area contributed by atoms with Crippen LogP contribution in [0.2, 0.25) is 0 Å². The highest BCUT2D eigenvalue weighted by Gasteiger charge is 2.55. The largest absolute Gasteiger partial charge is 0.393 e. The molecule has 2 N–H and O–H groups in total. The van der Waals surface area contributed by atoms with Gasteiger partial charge in [0.1, 0.15) is 4.70 Å². The van der Waals surface area contributed by atoms with Gasteiger partial charge in [0.2, 0.25) is 5.91 Å². The van der Waals surface area contributed by atoms with Crippen LogP contribution >= 0.6 is 11.3 Å². The van der Waals surface area contributed by atoms with Gasteiger partial charge in [-0.3, -0.25) is 4.79 Å². The van der Waals surface area contributed by atoms with Gasteiger partial charge in [0.25, 0.3) is 0 Å². The first kappa shape index (κ1) is 17.4. The molecule has 0 radical (unpaired) electrons. The average Bonchev–Trinajstić information content (AvgIpc) is 3.29. The summed E-state index contributed by atoms with van der Waals surface area (Å²) < 4.78 is 1.19. The van der Waals surface area contributed by atoms with Crippen LogP contribution in [0.25, 0.3) is 10.2 Å². The van der Waals surface area contributed by atoms with Crippen molar-refractivity contribution in [3.8, 4) is 0 Å². The van der Waals surface area contributed by atoms with Gasteiger partial charge in [0, 0.05) is 42.5 Å². The van der Waals surface area contributed by atoms with E-state index in [9.17, 15) is 9.90 Å². The van der Waals surface area contributed by atoms with E-state index in [1.54, 1.807) is 11.3 Å². The molecule has 2 atom stereocenters. The smallest absolute Gasteiger partial charge is 0.383 e. The molecule has 1 spiro atoms. The van der Waals surface area contributed by atoms with Crippen LogP contribution in [0.3, 0.4) is 0 Å². The number of likely N-dealkylation sites (tertiary alicyclic amines) is 1. The van der Waals surface area contributed by atoms with Crippen LogP contribution in [0.1, 0.15) is 50.0 Å². The second kappa shape index (κ2) is 6.73. The molecule has 2 saturated heterocycles. The van der Waals surface area contributed by atoms with Crippen molar-refractivity contribution in [3.05, 3.63) is 29.3 Å². The number of nitrogens with one attached hydrogen (secondary N) is 1. The molecule has 1 saturated carbocycles. The quantitative estimate of drug-likeness (QED) is 0.830. The maximum Gasteiger partial charge on any atom is 0.383 e. The predicted molar refractivity (Wildman–Crippen MR) is 104 cm³/mol. The van der Waals surface area contributed by atoms with E-state index in [2.05, 4.69) is 32.8 Å². The number of hydrogen-bond donors (Lipinski definition) is 2. The maximum atomic E-state index is 13.7. The van der Waals surface area contributed by atoms with Crippen molar-refractivity contribution in [2.24, 2.45) is 5.41 Å². The molecule has 1 amide bonds. The Bertz CT molecular complexity index is 845. The van der Waals surface area contributed by atoms with E-state index in [0.29, 0.717) is 11.9 Å². The summed E-state index contributed by atoms with van der Waals surface area (Å²) in [4.78, 5) is 20.2. The molecule has 0 unspecified atom stereocenters. The van der Waals surface area contributed by atoms with E-state index < -0.39 is 0 Å². The third kappa shape index (κ3) is 2.75. The minimum atomic E-state index is -0.341. The van der Waals surface area contributed by atoms with E-state index in [0.717, 1.165) is 63.7 Å². The zero-order chi connectivity index (χ0) is 18.4. The number of aliphatic hydroxyl groups is 1. The van der Waals surface area contributed by atoms with Gasteiger partial charge in [0.05, 0.1) is 11.5 Å². The number of amides is 1. The molecule has 5 nitrogen and oxygen atoms in total. The zero-order valence-electron chi connectivity index (χ0n) is 15.5. The van der Waals surface area contributed by atoms with E-state index >= 15 is 0 Å². The third-order valence-corrected chi connectivity index (χ3v) is 7.86. The Morgan fingerprint density at radius 2 is 2.11 bits per heavy atom. The highest BCUT2D eigenvalue weighted by atomic mass is 32.1. The molecular weight excluding hydrogens is 358 g/mol. The van der Waals surface area contributed by atoms with Gasteiger partial charge in [-0.15, -0.1) is 0 Å². The second-order valence-electron chi connectivity index (χ2n) is 8.39. The van der Waals surface area contributed by atoms with Crippen LogP contribution in [0, 0.1) is 10.9 Å². The van der Waals surface area contributed by atoms with Gasteiger partial charge >= 0.3 is 11.0 Å². The number of nitrogens with zero attached hydrogens (tertiary/aromatic N) is 2. The van der Waals surface area contributed by atoms with E-state index in [1.807, 2.05) is 6.07 Å². The lowest BCUT2D eigenvalue weighted by Crippen LogP contribution is -2.52. The Labute approximate surface area is 163 Å². The Morgan fingerprint density at radius 1 is 1.26 bits per heavy atom. The summed E-state index contributed by atoms with van der Waals surface area (Å²) in [5.41, 5.74) is 4.96. The lowest BCUT2D eigenvalue weighted by atomic mass is 9.67. The average molecular weight is 385 g/mol. The Kier molecular flexibility index (Phi) is 4.34. The number of carbonyl (C=O) groups is 1. The number of aliphatic hydroxyl groups excluding tert-OH is 1. The van der Waals surface area contributed by atoms with Crippen molar-refractivity contribution in [1.82, 2.24) is 10.2 Å². The Hall–Kier alpha value is -1.68. The lowest BCUT2D eigenvalue weighted by molar-refractivity contribution is -0.254. The summed E-state index contributed by atoms with van der Waals surface area (Å²) >= 11 is 1.57. The number of rotatable bonds is 2. The van der Waals surface area contributed by atoms with Crippen LogP contribution in [-0.4, -0.2) is 47.7 Å². The normalized spacial score (nSPS) is 34.3. The van der Waals surface area contributed by atoms with Gasteiger partial charge < -0.3 is 15.3 Å². The second-order valence-corrected chi connectivity index (χ2v) is 9.18. The standard InChI is InChI=1S/C21H26N3O2S/c25-15-6-4-14(5-7-15)24-11-9-21(20(24)26)12-22-10-8-17(21)16-2-1-3-18-19(16)27-13-23-18/h1-3,14-15,17,22,25H,4-12H2/q+1/t14?,15?,17-,21+/m1/s1. The first-order valence-corrected chi connectivity index (χ1v) is 11.0. The van der Waals surface area contributed by atoms with Crippen molar-refractivity contribution in [1.29, 1.82) is 0 Å². The van der Waals surface area contributed by atoms with E-state index in [1.165, 1.54) is 10.3 Å². The number of aromatic nitrogens is 1. The molecule has 3 aliphatic rings. The summed E-state index contributed by atoms with van der Waals surface area (Å²) in [7, 11) is 0. The fraction of sp³-hybridized carbons (Fsp3) is 0.619. The van der Waals surface area contributed by atoms with Crippen LogP contribution in [0.15, 0.2) is 18.2 Å². The first-order valence-electron chi connectivity index (χ1n) is 10.1. The van der Waals surface area contributed by atoms with Gasteiger partial charge in [-0.1, -0.05) is 12.1 Å². The maximum absolute atomic E-state index is 13.7. The number of carbonyl (C=O) groups excluding carboxylic acids is 1. The minimum Gasteiger partial charge on any atom is -0.393 e. The molecule has 1 aliphatic carbocycles. The van der Waals surface area contributed by atoms with Crippen molar-refractivity contribution in [2.75, 3.05) is 19.6 Å². The molecule has 3 fully saturated rings. The van der Waals surface area contributed by atoms with Gasteiger partial charge in [-0.2, -0.15) is 0 Å². The molecule has 1 aromatic heterocycles. The van der Waals surface area contributed by atoms with E-state index in [-0.39, 0.29) is 17.4 Å². The van der Waals surface area contributed by atoms with Crippen LogP contribution in [0.4, 0.5) is 0 Å². The third-order valence-electron chi connectivity index (χ3n) is 7.02. The summed E-state index contributed by atoms with van der Waals surface area (Å²) in [6.07, 6.45) is 5.22. The number of piperidine rings is 1. The van der Waals surface area contributed by atoms with Crippen molar-refractivity contribution >= 4 is 27.5 Å². The van der Waals surface area contributed by atoms with Crippen molar-refractivity contribution in [2.45, 2.75) is 56.6 Å². The van der Waals surface area contributed by atoms with Gasteiger partial charge in [-0.25, -0.2) is 0 Å². The predicted octanol–water partition coefficient (Wildman–Crippen LogP) is 1.90. The molecular formula is C21H26N3O2S+. The molecule has 5 rings (SSSR count). The SMILES string of the molecule is O=C1N(C2CCC(O)CC2)CC[C@@]12CNCC[C@@H]2c1cccc2[n+]#csc12. The summed E-state index contributed by atoms with van der Waals surface area (Å²) in [5.74, 6) is 0.564. The molecule has 2 aliphatic heterocycles. The Morgan fingerprint density at radius 3 is 2.96 bits per heavy atom. The topological polar surface area (TPSA) is 66.7 Å². The molecule has 0 bridgehead atoms. The van der Waals surface area contributed by atoms with Crippen molar-refractivity contribution in [3.63, 3.8) is 0 Å². The van der Waals surface area contributed by atoms with Crippen LogP contribution in [-0.2, 0) is 4.79 Å². The highest BCUT2D eigenvalue weighted by Crippen LogP contribution is 2.50. The molecule has 1 aromatic carbocycles. The molecule has 27 heavy (non-hydrogen) atoms. The minimum absolute atomic E-state index is 0.183.